The van der Waals surface area contributed by atoms with Gasteiger partial charge in [-0.2, -0.15) is 0 Å². The summed E-state index contributed by atoms with van der Waals surface area (Å²) in [5.41, 5.74) is 2.19. The van der Waals surface area contributed by atoms with E-state index in [4.69, 9.17) is 0 Å². The summed E-state index contributed by atoms with van der Waals surface area (Å²) in [7, 11) is 3.61. The van der Waals surface area contributed by atoms with Crippen LogP contribution in [0.1, 0.15) is 28.5 Å². The molecule has 2 amide bonds. The summed E-state index contributed by atoms with van der Waals surface area (Å²) in [5.74, 6) is -0.259. The Morgan fingerprint density at radius 2 is 2.00 bits per heavy atom. The van der Waals surface area contributed by atoms with Crippen LogP contribution < -0.4 is 0 Å². The van der Waals surface area contributed by atoms with Crippen molar-refractivity contribution in [1.29, 1.82) is 0 Å². The van der Waals surface area contributed by atoms with Crippen molar-refractivity contribution < 1.29 is 9.59 Å². The summed E-state index contributed by atoms with van der Waals surface area (Å²) >= 11 is 1.64. The number of carbonyl (C=O) groups is 2. The van der Waals surface area contributed by atoms with Gasteiger partial charge in [-0.25, -0.2) is 0 Å². The number of thiophene rings is 1. The molecule has 4 nitrogen and oxygen atoms in total. The monoisotopic (exact) mass is 342 g/mol. The van der Waals surface area contributed by atoms with Crippen molar-refractivity contribution in [3.05, 3.63) is 57.8 Å². The third-order valence-corrected chi connectivity index (χ3v) is 5.53. The number of likely N-dealkylation sites (tertiary alicyclic amines) is 1. The van der Waals surface area contributed by atoms with Gasteiger partial charge in [0.05, 0.1) is 18.5 Å². The molecule has 3 rings (SSSR count). The topological polar surface area (TPSA) is 40.6 Å². The highest BCUT2D eigenvalue weighted by atomic mass is 32.1. The minimum Gasteiger partial charge on any atom is -0.340 e. The van der Waals surface area contributed by atoms with Crippen LogP contribution in [0.25, 0.3) is 0 Å². The van der Waals surface area contributed by atoms with E-state index in [0.717, 1.165) is 10.4 Å². The molecule has 0 spiro atoms. The predicted octanol–water partition coefficient (Wildman–Crippen LogP) is 3.23. The molecule has 5 heteroatoms. The standard InChI is InChI=1S/C19H22N2O2S/c1-13-6-8-14(9-7-13)18-16(11-17(22)21(18)3)19(23)20(2)12-15-5-4-10-24-15/h4-10,16,18H,11-12H2,1-3H3/t16-,18+/m0/s1. The van der Waals surface area contributed by atoms with Crippen molar-refractivity contribution in [3.63, 3.8) is 0 Å². The van der Waals surface area contributed by atoms with Gasteiger partial charge in [0.25, 0.3) is 0 Å². The van der Waals surface area contributed by atoms with Crippen LogP contribution in [-0.4, -0.2) is 35.7 Å². The van der Waals surface area contributed by atoms with Crippen LogP contribution in [-0.2, 0) is 16.1 Å². The van der Waals surface area contributed by atoms with E-state index in [1.54, 1.807) is 28.2 Å². The SMILES string of the molecule is Cc1ccc([C@@H]2[C@@H](C(=O)N(C)Cc3cccs3)CC(=O)N2C)cc1. The highest BCUT2D eigenvalue weighted by Gasteiger charge is 2.43. The van der Waals surface area contributed by atoms with Gasteiger partial charge in [-0.1, -0.05) is 35.9 Å². The molecule has 0 N–H and O–H groups in total. The van der Waals surface area contributed by atoms with Crippen LogP contribution in [0.15, 0.2) is 41.8 Å². The van der Waals surface area contributed by atoms with E-state index in [1.165, 1.54) is 5.56 Å². The Morgan fingerprint density at radius 3 is 2.62 bits per heavy atom. The fourth-order valence-electron chi connectivity index (χ4n) is 3.31. The van der Waals surface area contributed by atoms with E-state index in [0.29, 0.717) is 6.54 Å². The van der Waals surface area contributed by atoms with Crippen molar-refractivity contribution in [1.82, 2.24) is 9.80 Å². The van der Waals surface area contributed by atoms with E-state index < -0.39 is 0 Å². The molecule has 0 aliphatic carbocycles. The lowest BCUT2D eigenvalue weighted by atomic mass is 9.92. The van der Waals surface area contributed by atoms with Crippen molar-refractivity contribution in [2.45, 2.75) is 25.9 Å². The number of aryl methyl sites for hydroxylation is 1. The Morgan fingerprint density at radius 1 is 1.29 bits per heavy atom. The molecule has 0 bridgehead atoms. The fraction of sp³-hybridized carbons (Fsp3) is 0.368. The molecular formula is C19H22N2O2S. The third kappa shape index (κ3) is 3.22. The molecule has 1 aromatic heterocycles. The molecule has 1 saturated heterocycles. The zero-order valence-corrected chi connectivity index (χ0v) is 15.0. The first-order chi connectivity index (χ1) is 11.5. The third-order valence-electron chi connectivity index (χ3n) is 4.67. The summed E-state index contributed by atoms with van der Waals surface area (Å²) in [6.07, 6.45) is 0.280. The average Bonchev–Trinajstić information content (AvgIpc) is 3.17. The van der Waals surface area contributed by atoms with Gasteiger partial charge >= 0.3 is 0 Å². The second kappa shape index (κ2) is 6.77. The minimum atomic E-state index is -0.324. The lowest BCUT2D eigenvalue weighted by Crippen LogP contribution is -2.35. The highest BCUT2D eigenvalue weighted by Crippen LogP contribution is 2.38. The normalized spacial score (nSPS) is 20.5. The molecule has 126 valence electrons. The first kappa shape index (κ1) is 16.7. The number of rotatable bonds is 4. The Hall–Kier alpha value is -2.14. The maximum Gasteiger partial charge on any atom is 0.228 e. The smallest absolute Gasteiger partial charge is 0.228 e. The molecule has 0 unspecified atom stereocenters. The summed E-state index contributed by atoms with van der Waals surface area (Å²) in [4.78, 5) is 29.8. The second-order valence-corrected chi connectivity index (χ2v) is 7.48. The maximum atomic E-state index is 13.0. The molecule has 1 aliphatic rings. The van der Waals surface area contributed by atoms with Gasteiger partial charge in [-0.05, 0) is 23.9 Å². The van der Waals surface area contributed by atoms with Gasteiger partial charge in [0, 0.05) is 25.4 Å². The van der Waals surface area contributed by atoms with Gasteiger partial charge in [0.2, 0.25) is 11.8 Å². The second-order valence-electron chi connectivity index (χ2n) is 6.44. The molecule has 1 fully saturated rings. The molecule has 2 atom stereocenters. The van der Waals surface area contributed by atoms with Gasteiger partial charge in [-0.15, -0.1) is 11.3 Å². The zero-order valence-electron chi connectivity index (χ0n) is 14.2. The fourth-order valence-corrected chi connectivity index (χ4v) is 4.07. The van der Waals surface area contributed by atoms with E-state index in [9.17, 15) is 9.59 Å². The number of amides is 2. The molecule has 2 heterocycles. The van der Waals surface area contributed by atoms with Crippen LogP contribution in [0.4, 0.5) is 0 Å². The summed E-state index contributed by atoms with van der Waals surface area (Å²) in [6.45, 7) is 2.62. The minimum absolute atomic E-state index is 0.0310. The average molecular weight is 342 g/mol. The first-order valence-corrected chi connectivity index (χ1v) is 8.95. The van der Waals surface area contributed by atoms with Crippen LogP contribution in [0.5, 0.6) is 0 Å². The predicted molar refractivity (Wildman–Crippen MR) is 95.6 cm³/mol. The van der Waals surface area contributed by atoms with Crippen molar-refractivity contribution >= 4 is 23.2 Å². The largest absolute Gasteiger partial charge is 0.340 e. The van der Waals surface area contributed by atoms with Crippen LogP contribution >= 0.6 is 11.3 Å². The Balaban J connectivity index is 1.82. The van der Waals surface area contributed by atoms with E-state index in [2.05, 4.69) is 0 Å². The molecular weight excluding hydrogens is 320 g/mol. The zero-order chi connectivity index (χ0) is 17.3. The molecule has 2 aromatic rings. The number of nitrogens with zero attached hydrogens (tertiary/aromatic N) is 2. The van der Waals surface area contributed by atoms with Crippen LogP contribution in [0.2, 0.25) is 0 Å². The lowest BCUT2D eigenvalue weighted by molar-refractivity contribution is -0.135. The maximum absolute atomic E-state index is 13.0. The number of benzene rings is 1. The van der Waals surface area contributed by atoms with Crippen LogP contribution in [0.3, 0.4) is 0 Å². The Labute approximate surface area is 146 Å². The highest BCUT2D eigenvalue weighted by molar-refractivity contribution is 7.09. The van der Waals surface area contributed by atoms with Crippen LogP contribution in [0, 0.1) is 12.8 Å². The summed E-state index contributed by atoms with van der Waals surface area (Å²) < 4.78 is 0. The van der Waals surface area contributed by atoms with Gasteiger partial charge < -0.3 is 9.80 Å². The quantitative estimate of drug-likeness (QED) is 0.856. The molecule has 0 radical (unpaired) electrons. The first-order valence-electron chi connectivity index (χ1n) is 8.07. The number of hydrogen-bond donors (Lipinski definition) is 0. The lowest BCUT2D eigenvalue weighted by Gasteiger charge is -2.28. The van der Waals surface area contributed by atoms with E-state index >= 15 is 0 Å². The summed E-state index contributed by atoms with van der Waals surface area (Å²) in [5, 5.41) is 2.01. The molecule has 24 heavy (non-hydrogen) atoms. The number of hydrogen-bond acceptors (Lipinski definition) is 3. The van der Waals surface area contributed by atoms with Gasteiger partial charge in [-0.3, -0.25) is 9.59 Å². The van der Waals surface area contributed by atoms with Crippen molar-refractivity contribution in [2.75, 3.05) is 14.1 Å². The molecule has 1 aliphatic heterocycles. The Kier molecular flexibility index (Phi) is 4.71. The summed E-state index contributed by atoms with van der Waals surface area (Å²) in [6, 6.07) is 11.9. The molecule has 1 aromatic carbocycles. The number of carbonyl (C=O) groups excluding carboxylic acids is 2. The van der Waals surface area contributed by atoms with E-state index in [-0.39, 0.29) is 30.2 Å². The molecule has 0 saturated carbocycles. The van der Waals surface area contributed by atoms with Gasteiger partial charge in [0.1, 0.15) is 0 Å². The Bertz CT molecular complexity index is 724. The van der Waals surface area contributed by atoms with Gasteiger partial charge in [0.15, 0.2) is 0 Å². The van der Waals surface area contributed by atoms with E-state index in [1.807, 2.05) is 55.7 Å². The van der Waals surface area contributed by atoms with Crippen molar-refractivity contribution in [3.8, 4) is 0 Å². The van der Waals surface area contributed by atoms with Crippen molar-refractivity contribution in [2.24, 2.45) is 5.92 Å².